The Hall–Kier alpha value is 0.0900. The fourth-order valence-electron chi connectivity index (χ4n) is 6.86. The first-order valence-electron chi connectivity index (χ1n) is 12.2. The van der Waals surface area contributed by atoms with Crippen LogP contribution in [0.25, 0.3) is 0 Å². The Morgan fingerprint density at radius 3 is 2.82 bits per heavy atom. The van der Waals surface area contributed by atoms with Gasteiger partial charge in [-0.1, -0.05) is 6.42 Å². The van der Waals surface area contributed by atoms with Crippen molar-refractivity contribution in [2.75, 3.05) is 19.6 Å². The summed E-state index contributed by atoms with van der Waals surface area (Å²) in [6.07, 6.45) is 15.0. The van der Waals surface area contributed by atoms with E-state index in [1.165, 1.54) is 77.2 Å². The Balaban J connectivity index is 1.12. The van der Waals surface area contributed by atoms with Crippen LogP contribution in [0.15, 0.2) is 0 Å². The van der Waals surface area contributed by atoms with E-state index in [0.717, 1.165) is 31.0 Å². The van der Waals surface area contributed by atoms with E-state index in [1.54, 1.807) is 0 Å². The van der Waals surface area contributed by atoms with E-state index in [2.05, 4.69) is 26.4 Å². The molecule has 0 spiro atoms. The minimum Gasteiger partial charge on any atom is -0.312 e. The summed E-state index contributed by atoms with van der Waals surface area (Å²) in [5.74, 6) is 1.59. The minimum atomic E-state index is 0.424. The van der Waals surface area contributed by atoms with E-state index in [0.29, 0.717) is 29.7 Å². The summed E-state index contributed by atoms with van der Waals surface area (Å²) in [5, 5.41) is 14.8. The van der Waals surface area contributed by atoms with Crippen LogP contribution in [0.2, 0.25) is 0 Å². The van der Waals surface area contributed by atoms with E-state index in [-0.39, 0.29) is 0 Å². The summed E-state index contributed by atoms with van der Waals surface area (Å²) in [5.41, 5.74) is 3.78. The number of alkyl halides is 1. The van der Waals surface area contributed by atoms with Gasteiger partial charge in [0.2, 0.25) is 0 Å². The zero-order chi connectivity index (χ0) is 18.9. The van der Waals surface area contributed by atoms with Gasteiger partial charge in [-0.05, 0) is 76.7 Å². The van der Waals surface area contributed by atoms with Gasteiger partial charge in [-0.25, -0.2) is 5.01 Å². The summed E-state index contributed by atoms with van der Waals surface area (Å²) >= 11 is 6.40. The molecule has 4 N–H and O–H groups in total. The lowest BCUT2D eigenvalue weighted by atomic mass is 9.77. The number of hydrogen-bond acceptors (Lipinski definition) is 5. The van der Waals surface area contributed by atoms with Crippen LogP contribution in [-0.2, 0) is 0 Å². The molecule has 5 nitrogen and oxygen atoms in total. The number of hydrogen-bond donors (Lipinski definition) is 4. The van der Waals surface area contributed by atoms with Gasteiger partial charge in [-0.15, -0.1) is 11.6 Å². The molecule has 3 heterocycles. The Morgan fingerprint density at radius 2 is 1.93 bits per heavy atom. The lowest BCUT2D eigenvalue weighted by Crippen LogP contribution is -2.57. The summed E-state index contributed by atoms with van der Waals surface area (Å²) in [6, 6.07) is 2.76. The fourth-order valence-corrected chi connectivity index (χ4v) is 7.22. The smallest absolute Gasteiger partial charge is 0.0736 e. The summed E-state index contributed by atoms with van der Waals surface area (Å²) in [6.45, 7) is 3.48. The lowest BCUT2D eigenvalue weighted by Gasteiger charge is -2.43. The molecule has 0 aromatic carbocycles. The highest BCUT2D eigenvalue weighted by Gasteiger charge is 2.44. The van der Waals surface area contributed by atoms with Crippen LogP contribution < -0.4 is 21.4 Å². The van der Waals surface area contributed by atoms with E-state index < -0.39 is 0 Å². The Bertz CT molecular complexity index is 513. The second kappa shape index (κ2) is 9.07. The number of hydrazine groups is 1. The minimum absolute atomic E-state index is 0.424. The molecule has 28 heavy (non-hydrogen) atoms. The maximum atomic E-state index is 6.40. The molecule has 5 aliphatic rings. The van der Waals surface area contributed by atoms with Crippen molar-refractivity contribution in [3.05, 3.63) is 0 Å². The third-order valence-electron chi connectivity index (χ3n) is 8.39. The van der Waals surface area contributed by atoms with Crippen LogP contribution in [-0.4, -0.2) is 60.4 Å². The van der Waals surface area contributed by atoms with E-state index in [4.69, 9.17) is 11.6 Å². The van der Waals surface area contributed by atoms with E-state index in [1.807, 2.05) is 0 Å². The average Bonchev–Trinajstić information content (AvgIpc) is 3.17. The van der Waals surface area contributed by atoms with Crippen LogP contribution in [0.4, 0.5) is 0 Å². The molecule has 6 heteroatoms. The molecule has 0 aromatic heterocycles. The van der Waals surface area contributed by atoms with Crippen molar-refractivity contribution in [2.24, 2.45) is 11.8 Å². The lowest BCUT2D eigenvalue weighted by molar-refractivity contribution is 0.0484. The Morgan fingerprint density at radius 1 is 0.964 bits per heavy atom. The molecule has 2 saturated carbocycles. The van der Waals surface area contributed by atoms with Gasteiger partial charge in [0.1, 0.15) is 0 Å². The van der Waals surface area contributed by atoms with Gasteiger partial charge in [0.25, 0.3) is 0 Å². The molecule has 160 valence electrons. The third-order valence-corrected chi connectivity index (χ3v) is 8.79. The average molecular weight is 410 g/mol. The zero-order valence-corrected chi connectivity index (χ0v) is 18.1. The first kappa shape index (κ1) is 20.0. The maximum absolute atomic E-state index is 6.40. The van der Waals surface area contributed by atoms with Crippen molar-refractivity contribution >= 4 is 11.6 Å². The molecule has 3 saturated heterocycles. The van der Waals surface area contributed by atoms with Gasteiger partial charge < -0.3 is 16.0 Å². The summed E-state index contributed by atoms with van der Waals surface area (Å²) < 4.78 is 0. The van der Waals surface area contributed by atoms with Gasteiger partial charge in [0.05, 0.1) is 6.17 Å². The Kier molecular flexibility index (Phi) is 6.48. The highest BCUT2D eigenvalue weighted by molar-refractivity contribution is 6.20. The highest BCUT2D eigenvalue weighted by atomic mass is 35.5. The largest absolute Gasteiger partial charge is 0.312 e. The standard InChI is InChI=1S/C22H40ClN5/c23-16-8-10-19-15(12-16)7-9-17(27-19)13-25-20-4-3-5-21-18(20)14-26-28(21)22-6-1-2-11-24-22/h15-22,24-27H,1-14H2. The molecule has 0 amide bonds. The third kappa shape index (κ3) is 4.26. The SMILES string of the molecule is ClC1CCC2NC(CNC3CCCC4C3CNN4C3CCCCN3)CCC2C1. The Labute approximate surface area is 176 Å². The van der Waals surface area contributed by atoms with Crippen molar-refractivity contribution in [2.45, 2.75) is 106 Å². The number of halogens is 1. The van der Waals surface area contributed by atoms with Gasteiger partial charge in [0, 0.05) is 48.6 Å². The maximum Gasteiger partial charge on any atom is 0.0736 e. The van der Waals surface area contributed by atoms with Crippen molar-refractivity contribution in [3.8, 4) is 0 Å². The molecular formula is C22H40ClN5. The molecule has 0 aromatic rings. The van der Waals surface area contributed by atoms with Crippen LogP contribution in [0.1, 0.15) is 70.6 Å². The van der Waals surface area contributed by atoms with Crippen LogP contribution >= 0.6 is 11.6 Å². The first-order chi connectivity index (χ1) is 13.8. The predicted octanol–water partition coefficient (Wildman–Crippen LogP) is 2.56. The normalized spacial score (nSPS) is 47.5. The molecule has 5 rings (SSSR count). The molecule has 2 aliphatic carbocycles. The fraction of sp³-hybridized carbons (Fsp3) is 1.00. The number of nitrogens with one attached hydrogen (secondary N) is 4. The van der Waals surface area contributed by atoms with Crippen LogP contribution in [0.3, 0.4) is 0 Å². The molecule has 5 fully saturated rings. The molecular weight excluding hydrogens is 370 g/mol. The van der Waals surface area contributed by atoms with Crippen LogP contribution in [0.5, 0.6) is 0 Å². The molecule has 0 bridgehead atoms. The van der Waals surface area contributed by atoms with E-state index in [9.17, 15) is 0 Å². The quantitative estimate of drug-likeness (QED) is 0.538. The molecule has 0 radical (unpaired) electrons. The van der Waals surface area contributed by atoms with Gasteiger partial charge in [-0.3, -0.25) is 5.43 Å². The van der Waals surface area contributed by atoms with Crippen molar-refractivity contribution in [3.63, 3.8) is 0 Å². The molecule has 3 aliphatic heterocycles. The van der Waals surface area contributed by atoms with Crippen molar-refractivity contribution < 1.29 is 0 Å². The van der Waals surface area contributed by atoms with Gasteiger partial charge >= 0.3 is 0 Å². The molecule has 8 atom stereocenters. The predicted molar refractivity (Wildman–Crippen MR) is 115 cm³/mol. The zero-order valence-electron chi connectivity index (χ0n) is 17.3. The van der Waals surface area contributed by atoms with Crippen molar-refractivity contribution in [1.29, 1.82) is 0 Å². The second-order valence-electron chi connectivity index (χ2n) is 10.1. The first-order valence-corrected chi connectivity index (χ1v) is 12.6. The molecule has 8 unspecified atom stereocenters. The van der Waals surface area contributed by atoms with E-state index >= 15 is 0 Å². The topological polar surface area (TPSA) is 51.4 Å². The van der Waals surface area contributed by atoms with Gasteiger partial charge in [-0.2, -0.15) is 0 Å². The highest BCUT2D eigenvalue weighted by Crippen LogP contribution is 2.36. The number of rotatable bonds is 4. The number of nitrogens with zero attached hydrogens (tertiary/aromatic N) is 1. The van der Waals surface area contributed by atoms with Gasteiger partial charge in [0.15, 0.2) is 0 Å². The monoisotopic (exact) mass is 409 g/mol. The van der Waals surface area contributed by atoms with Crippen LogP contribution in [0, 0.1) is 11.8 Å². The number of fused-ring (bicyclic) bond motifs is 2. The van der Waals surface area contributed by atoms with Crippen molar-refractivity contribution in [1.82, 2.24) is 26.4 Å². The summed E-state index contributed by atoms with van der Waals surface area (Å²) in [7, 11) is 0. The number of piperidine rings is 2. The summed E-state index contributed by atoms with van der Waals surface area (Å²) in [4.78, 5) is 0. The second-order valence-corrected chi connectivity index (χ2v) is 10.7.